The quantitative estimate of drug-likeness (QED) is 0.212. The fraction of sp³-hybridized carbons (Fsp3) is 0.378. The Morgan fingerprint density at radius 1 is 0.959 bits per heavy atom. The zero-order valence-electron chi connectivity index (χ0n) is 28.6. The number of benzene rings is 2. The van der Waals surface area contributed by atoms with Gasteiger partial charge in [0.2, 0.25) is 0 Å². The third kappa shape index (κ3) is 6.67. The maximum absolute atomic E-state index is 13.3. The highest BCUT2D eigenvalue weighted by Crippen LogP contribution is 2.35. The minimum atomic E-state index is -0.603. The molecule has 0 fully saturated rings. The highest BCUT2D eigenvalue weighted by Gasteiger charge is 2.31. The van der Waals surface area contributed by atoms with Gasteiger partial charge in [0.25, 0.3) is 22.7 Å². The number of hydrogen-bond acceptors (Lipinski definition) is 10. The molecule has 2 heterocycles. The fourth-order valence-corrected chi connectivity index (χ4v) is 6.68. The molecule has 0 saturated heterocycles. The number of esters is 1. The maximum Gasteiger partial charge on any atom is 0.338 e. The van der Waals surface area contributed by atoms with Crippen LogP contribution < -0.4 is 31.3 Å². The van der Waals surface area contributed by atoms with Gasteiger partial charge in [-0.2, -0.15) is 0 Å². The van der Waals surface area contributed by atoms with E-state index in [1.807, 2.05) is 56.9 Å². The summed E-state index contributed by atoms with van der Waals surface area (Å²) in [5, 5.41) is 5.90. The molecule has 2 amide bonds. The topological polar surface area (TPSA) is 151 Å². The van der Waals surface area contributed by atoms with Crippen molar-refractivity contribution in [2.45, 2.75) is 71.7 Å². The number of anilines is 2. The Hall–Kier alpha value is -5.39. The zero-order chi connectivity index (χ0) is 35.2. The molecule has 0 spiro atoms. The molecular formula is C37H40N6O6. The molecule has 0 unspecified atom stereocenters. The number of rotatable bonds is 8. The normalized spacial score (nSPS) is 15.4. The highest BCUT2D eigenvalue weighted by atomic mass is 16.6. The van der Waals surface area contributed by atoms with Crippen molar-refractivity contribution < 1.29 is 19.1 Å². The van der Waals surface area contributed by atoms with Gasteiger partial charge in [-0.3, -0.25) is 19.2 Å². The number of nitrogens with zero attached hydrogens (tertiary/aromatic N) is 4. The Bertz CT molecular complexity index is 2060. The average Bonchev–Trinajstić information content (AvgIpc) is 3.47. The van der Waals surface area contributed by atoms with Crippen molar-refractivity contribution in [2.75, 3.05) is 30.4 Å². The molecule has 1 aromatic heterocycles. The van der Waals surface area contributed by atoms with E-state index in [1.54, 1.807) is 25.1 Å². The predicted octanol–water partition coefficient (Wildman–Crippen LogP) is 3.31. The van der Waals surface area contributed by atoms with E-state index in [9.17, 15) is 24.0 Å². The van der Waals surface area contributed by atoms with Crippen LogP contribution in [-0.2, 0) is 30.7 Å². The number of carbonyl (C=O) groups is 3. The van der Waals surface area contributed by atoms with E-state index in [2.05, 4.69) is 20.6 Å². The first-order chi connectivity index (χ1) is 23.2. The van der Waals surface area contributed by atoms with Crippen molar-refractivity contribution in [3.8, 4) is 0 Å². The lowest BCUT2D eigenvalue weighted by atomic mass is 9.96. The van der Waals surface area contributed by atoms with Gasteiger partial charge in [0.1, 0.15) is 34.7 Å². The molecule has 1 aliphatic carbocycles. The van der Waals surface area contributed by atoms with Crippen LogP contribution in [-0.4, -0.2) is 54.0 Å². The molecule has 1 atom stereocenters. The van der Waals surface area contributed by atoms with Gasteiger partial charge in [0.05, 0.1) is 11.6 Å². The van der Waals surface area contributed by atoms with Gasteiger partial charge in [-0.15, -0.1) is 0 Å². The van der Waals surface area contributed by atoms with Gasteiger partial charge < -0.3 is 25.2 Å². The number of fused-ring (bicyclic) bond motifs is 2. The molecule has 0 saturated carbocycles. The molecule has 0 bridgehead atoms. The summed E-state index contributed by atoms with van der Waals surface area (Å²) in [5.74, 6) is -1.25. The summed E-state index contributed by atoms with van der Waals surface area (Å²) in [6.45, 7) is 8.74. The Kier molecular flexibility index (Phi) is 8.82. The summed E-state index contributed by atoms with van der Waals surface area (Å²) in [7, 11) is 3.51. The number of ether oxygens (including phenoxy) is 1. The lowest BCUT2D eigenvalue weighted by molar-refractivity contribution is 0.00683. The van der Waals surface area contributed by atoms with Crippen LogP contribution in [0.4, 0.5) is 11.4 Å². The van der Waals surface area contributed by atoms with Gasteiger partial charge in [-0.25, -0.2) is 14.8 Å². The Morgan fingerprint density at radius 2 is 1.69 bits per heavy atom. The van der Waals surface area contributed by atoms with E-state index >= 15 is 0 Å². The standard InChI is InChI=1S/C37H40N6O6/c1-20-24-11-12-27(26(24)10-9-25(20)36(48)49-37(2,3)4)41-35(47)29-16-28(39-19-40-29)34(46)38-17-21-7-8-22-13-14-43(18-23(22)15-21)31-30(42(5)6)32(44)33(31)45/h7-10,15-16,19,27H,11-14,17-18H2,1-6H3,(H,38,46)(H,41,47)/t27-/m0/s1. The van der Waals surface area contributed by atoms with Crippen molar-refractivity contribution in [2.24, 2.45) is 0 Å². The molecule has 2 aliphatic rings. The smallest absolute Gasteiger partial charge is 0.338 e. The molecule has 12 heteroatoms. The van der Waals surface area contributed by atoms with E-state index in [1.165, 1.54) is 12.4 Å². The van der Waals surface area contributed by atoms with Gasteiger partial charge in [0, 0.05) is 39.8 Å². The second kappa shape index (κ2) is 12.9. The Balaban J connectivity index is 1.08. The maximum atomic E-state index is 13.3. The predicted molar refractivity (Wildman–Crippen MR) is 185 cm³/mol. The summed E-state index contributed by atoms with van der Waals surface area (Å²) >= 11 is 0. The van der Waals surface area contributed by atoms with Crippen molar-refractivity contribution in [1.29, 1.82) is 0 Å². The van der Waals surface area contributed by atoms with Crippen molar-refractivity contribution >= 4 is 29.2 Å². The minimum absolute atomic E-state index is 0.0604. The Morgan fingerprint density at radius 3 is 2.41 bits per heavy atom. The monoisotopic (exact) mass is 664 g/mol. The van der Waals surface area contributed by atoms with Gasteiger partial charge in [-0.05, 0) is 86.4 Å². The SMILES string of the molecule is Cc1c(C(=O)OC(C)(C)C)ccc2c1CC[C@@H]2NC(=O)c1cc(C(=O)NCc2ccc3c(c2)CN(c2c(N(C)C)c(=O)c2=O)CC3)ncn1. The lowest BCUT2D eigenvalue weighted by Crippen LogP contribution is -2.46. The first-order valence-electron chi connectivity index (χ1n) is 16.3. The summed E-state index contributed by atoms with van der Waals surface area (Å²) < 4.78 is 5.56. The van der Waals surface area contributed by atoms with Gasteiger partial charge in [-0.1, -0.05) is 24.3 Å². The summed E-state index contributed by atoms with van der Waals surface area (Å²) in [4.78, 5) is 75.4. The number of aromatic nitrogens is 2. The second-order valence-electron chi connectivity index (χ2n) is 13.9. The van der Waals surface area contributed by atoms with Crippen LogP contribution in [0.25, 0.3) is 0 Å². The third-order valence-corrected chi connectivity index (χ3v) is 9.11. The number of amides is 2. The third-order valence-electron chi connectivity index (χ3n) is 9.11. The molecule has 12 nitrogen and oxygen atoms in total. The van der Waals surface area contributed by atoms with Crippen LogP contribution in [0.5, 0.6) is 0 Å². The summed E-state index contributed by atoms with van der Waals surface area (Å²) in [6.07, 6.45) is 3.30. The number of hydrogen-bond donors (Lipinski definition) is 2. The van der Waals surface area contributed by atoms with Crippen LogP contribution in [0, 0.1) is 6.92 Å². The van der Waals surface area contributed by atoms with Crippen LogP contribution >= 0.6 is 0 Å². The molecule has 4 aromatic rings. The molecule has 49 heavy (non-hydrogen) atoms. The van der Waals surface area contributed by atoms with Crippen molar-refractivity contribution in [1.82, 2.24) is 20.6 Å². The summed E-state index contributed by atoms with van der Waals surface area (Å²) in [6, 6.07) is 10.7. The van der Waals surface area contributed by atoms with Gasteiger partial charge >= 0.3 is 5.97 Å². The first kappa shape index (κ1) is 33.5. The first-order valence-corrected chi connectivity index (χ1v) is 16.3. The highest BCUT2D eigenvalue weighted by molar-refractivity contribution is 5.97. The van der Waals surface area contributed by atoms with Crippen LogP contribution in [0.1, 0.15) is 97.9 Å². The second-order valence-corrected chi connectivity index (χ2v) is 13.9. The van der Waals surface area contributed by atoms with Crippen LogP contribution in [0.2, 0.25) is 0 Å². The number of nitrogens with one attached hydrogen (secondary N) is 2. The largest absolute Gasteiger partial charge is 0.456 e. The summed E-state index contributed by atoms with van der Waals surface area (Å²) in [5.41, 5.74) is 5.90. The molecule has 6 rings (SSSR count). The van der Waals surface area contributed by atoms with Crippen molar-refractivity contribution in [3.63, 3.8) is 0 Å². The average molecular weight is 665 g/mol. The molecule has 1 aliphatic heterocycles. The van der Waals surface area contributed by atoms with E-state index in [0.29, 0.717) is 42.9 Å². The molecule has 0 radical (unpaired) electrons. The minimum Gasteiger partial charge on any atom is -0.456 e. The van der Waals surface area contributed by atoms with E-state index in [4.69, 9.17) is 4.74 Å². The molecular weight excluding hydrogens is 624 g/mol. The lowest BCUT2D eigenvalue weighted by Gasteiger charge is -2.34. The molecule has 2 N–H and O–H groups in total. The van der Waals surface area contributed by atoms with Crippen molar-refractivity contribution in [3.05, 3.63) is 114 Å². The van der Waals surface area contributed by atoms with Crippen LogP contribution in [0.3, 0.4) is 0 Å². The fourth-order valence-electron chi connectivity index (χ4n) is 6.68. The van der Waals surface area contributed by atoms with E-state index in [-0.39, 0.29) is 29.9 Å². The number of carbonyl (C=O) groups excluding carboxylic acids is 3. The molecule has 3 aromatic carbocycles. The Labute approximate surface area is 284 Å². The van der Waals surface area contributed by atoms with E-state index in [0.717, 1.165) is 39.8 Å². The molecule has 254 valence electrons. The zero-order valence-corrected chi connectivity index (χ0v) is 28.6. The van der Waals surface area contributed by atoms with Crippen LogP contribution in [0.15, 0.2) is 52.3 Å². The van der Waals surface area contributed by atoms with E-state index < -0.39 is 28.3 Å². The van der Waals surface area contributed by atoms with Gasteiger partial charge in [0.15, 0.2) is 0 Å².